The van der Waals surface area contributed by atoms with Gasteiger partial charge in [0.1, 0.15) is 0 Å². The van der Waals surface area contributed by atoms with Crippen LogP contribution in [-0.4, -0.2) is 35.0 Å². The van der Waals surface area contributed by atoms with E-state index in [1.54, 1.807) is 12.1 Å². The molecule has 1 aliphatic rings. The smallest absolute Gasteiger partial charge is 0.303 e. The monoisotopic (exact) mass is 310 g/mol. The number of hydrogen-bond acceptors (Lipinski definition) is 3. The summed E-state index contributed by atoms with van der Waals surface area (Å²) in [6.45, 7) is 2.44. The van der Waals surface area contributed by atoms with Gasteiger partial charge in [-0.05, 0) is 49.5 Å². The Morgan fingerprint density at radius 2 is 2.00 bits per heavy atom. The molecule has 1 aromatic carbocycles. The Morgan fingerprint density at radius 1 is 1.33 bits per heavy atom. The normalized spacial score (nSPS) is 16.8. The number of likely N-dealkylation sites (tertiary alicyclic amines) is 1. The molecule has 21 heavy (non-hydrogen) atoms. The van der Waals surface area contributed by atoms with Crippen LogP contribution < -0.4 is 5.73 Å². The number of rotatable bonds is 5. The molecule has 0 radical (unpaired) electrons. The Labute approximate surface area is 128 Å². The van der Waals surface area contributed by atoms with Crippen molar-refractivity contribution in [2.45, 2.75) is 25.8 Å². The Hall–Kier alpha value is -1.59. The number of primary amides is 1. The molecule has 1 heterocycles. The zero-order chi connectivity index (χ0) is 15.4. The highest BCUT2D eigenvalue weighted by Crippen LogP contribution is 2.24. The van der Waals surface area contributed by atoms with Crippen LogP contribution in [-0.2, 0) is 11.3 Å². The average Bonchev–Trinajstić information content (AvgIpc) is 2.42. The van der Waals surface area contributed by atoms with Crippen LogP contribution in [0.5, 0.6) is 0 Å². The van der Waals surface area contributed by atoms with Crippen molar-refractivity contribution in [2.24, 2.45) is 11.7 Å². The second-order valence-corrected chi connectivity index (χ2v) is 5.90. The van der Waals surface area contributed by atoms with Crippen LogP contribution in [0.15, 0.2) is 18.2 Å². The third kappa shape index (κ3) is 4.44. The molecule has 1 amide bonds. The lowest BCUT2D eigenvalue weighted by atomic mass is 9.93. The van der Waals surface area contributed by atoms with E-state index in [9.17, 15) is 9.59 Å². The second kappa shape index (κ2) is 6.91. The second-order valence-electron chi connectivity index (χ2n) is 5.49. The predicted molar refractivity (Wildman–Crippen MR) is 80.2 cm³/mol. The summed E-state index contributed by atoms with van der Waals surface area (Å²) >= 11 is 6.18. The highest BCUT2D eigenvalue weighted by Gasteiger charge is 2.21. The van der Waals surface area contributed by atoms with E-state index in [1.807, 2.05) is 6.07 Å². The van der Waals surface area contributed by atoms with Gasteiger partial charge in [0.2, 0.25) is 5.91 Å². The summed E-state index contributed by atoms with van der Waals surface area (Å²) in [5, 5.41) is 9.35. The molecule has 0 unspecified atom stereocenters. The maximum atomic E-state index is 11.1. The number of aliphatic carboxylic acids is 1. The summed E-state index contributed by atoms with van der Waals surface area (Å²) in [5.74, 6) is -0.942. The number of nitrogens with zero attached hydrogens (tertiary/aromatic N) is 1. The molecule has 0 spiro atoms. The Balaban J connectivity index is 1.91. The van der Waals surface area contributed by atoms with E-state index in [-0.39, 0.29) is 12.3 Å². The number of hydrogen-bond donors (Lipinski definition) is 2. The van der Waals surface area contributed by atoms with Crippen LogP contribution in [0.3, 0.4) is 0 Å². The molecule has 1 aliphatic heterocycles. The minimum Gasteiger partial charge on any atom is -0.481 e. The molecule has 0 aliphatic carbocycles. The summed E-state index contributed by atoms with van der Waals surface area (Å²) in [7, 11) is 0. The van der Waals surface area contributed by atoms with E-state index in [0.29, 0.717) is 17.1 Å². The van der Waals surface area contributed by atoms with E-state index in [4.69, 9.17) is 22.4 Å². The van der Waals surface area contributed by atoms with E-state index in [1.165, 1.54) is 0 Å². The van der Waals surface area contributed by atoms with Crippen LogP contribution >= 0.6 is 11.6 Å². The minimum atomic E-state index is -0.724. The molecule has 0 aromatic heterocycles. The number of carboxylic acid groups (broad SMARTS) is 1. The zero-order valence-corrected chi connectivity index (χ0v) is 12.5. The number of nitrogens with two attached hydrogens (primary N) is 1. The van der Waals surface area contributed by atoms with E-state index < -0.39 is 11.9 Å². The Morgan fingerprint density at radius 3 is 2.52 bits per heavy atom. The van der Waals surface area contributed by atoms with E-state index >= 15 is 0 Å². The van der Waals surface area contributed by atoms with Gasteiger partial charge in [0.05, 0.1) is 0 Å². The molecule has 1 saturated heterocycles. The lowest BCUT2D eigenvalue weighted by Crippen LogP contribution is -2.34. The lowest BCUT2D eigenvalue weighted by Gasteiger charge is -2.31. The fourth-order valence-corrected chi connectivity index (χ4v) is 2.91. The fraction of sp³-hybridized carbons (Fsp3) is 0.467. The van der Waals surface area contributed by atoms with Crippen LogP contribution in [0.1, 0.15) is 35.2 Å². The Bertz CT molecular complexity index is 540. The average molecular weight is 311 g/mol. The minimum absolute atomic E-state index is 0.252. The SMILES string of the molecule is NC(=O)c1ccc(CN2CCC(CC(=O)O)CC2)c(Cl)c1. The highest BCUT2D eigenvalue weighted by atomic mass is 35.5. The van der Waals surface area contributed by atoms with Gasteiger partial charge >= 0.3 is 5.97 Å². The number of carboxylic acids is 1. The first-order valence-electron chi connectivity index (χ1n) is 6.98. The lowest BCUT2D eigenvalue weighted by molar-refractivity contribution is -0.138. The van der Waals surface area contributed by atoms with Crippen LogP contribution in [0, 0.1) is 5.92 Å². The van der Waals surface area contributed by atoms with Gasteiger partial charge in [-0.25, -0.2) is 0 Å². The van der Waals surface area contributed by atoms with Crippen molar-refractivity contribution >= 4 is 23.5 Å². The first-order valence-corrected chi connectivity index (χ1v) is 7.36. The summed E-state index contributed by atoms with van der Waals surface area (Å²) in [4.78, 5) is 24.0. The topological polar surface area (TPSA) is 83.6 Å². The fourth-order valence-electron chi connectivity index (χ4n) is 2.67. The number of benzene rings is 1. The molecule has 1 aromatic rings. The maximum Gasteiger partial charge on any atom is 0.303 e. The van der Waals surface area contributed by atoms with Gasteiger partial charge in [-0.2, -0.15) is 0 Å². The van der Waals surface area contributed by atoms with Crippen molar-refractivity contribution in [3.63, 3.8) is 0 Å². The summed E-state index contributed by atoms with van der Waals surface area (Å²) in [6.07, 6.45) is 2.04. The molecule has 5 nitrogen and oxygen atoms in total. The van der Waals surface area contributed by atoms with Crippen molar-refractivity contribution in [1.29, 1.82) is 0 Å². The molecule has 6 heteroatoms. The molecule has 0 saturated carbocycles. The van der Waals surface area contributed by atoms with Crippen molar-refractivity contribution < 1.29 is 14.7 Å². The molecule has 1 fully saturated rings. The van der Waals surface area contributed by atoms with Gasteiger partial charge in [-0.15, -0.1) is 0 Å². The largest absolute Gasteiger partial charge is 0.481 e. The van der Waals surface area contributed by atoms with Crippen molar-refractivity contribution in [1.82, 2.24) is 4.90 Å². The number of carbonyl (C=O) groups excluding carboxylic acids is 1. The molecule has 2 rings (SSSR count). The van der Waals surface area contributed by atoms with Crippen LogP contribution in [0.4, 0.5) is 0 Å². The molecule has 3 N–H and O–H groups in total. The van der Waals surface area contributed by atoms with Crippen molar-refractivity contribution in [3.8, 4) is 0 Å². The van der Waals surface area contributed by atoms with Crippen LogP contribution in [0.2, 0.25) is 5.02 Å². The molecule has 0 bridgehead atoms. The van der Waals surface area contributed by atoms with Crippen LogP contribution in [0.25, 0.3) is 0 Å². The van der Waals surface area contributed by atoms with Gasteiger partial charge < -0.3 is 10.8 Å². The van der Waals surface area contributed by atoms with E-state index in [0.717, 1.165) is 31.5 Å². The quantitative estimate of drug-likeness (QED) is 0.872. The Kier molecular flexibility index (Phi) is 5.20. The van der Waals surface area contributed by atoms with Crippen molar-refractivity contribution in [2.75, 3.05) is 13.1 Å². The molecular weight excluding hydrogens is 292 g/mol. The third-order valence-corrected chi connectivity index (χ3v) is 4.25. The molecule has 0 atom stereocenters. The molecular formula is C15H19ClN2O3. The molecule has 114 valence electrons. The standard InChI is InChI=1S/C15H19ClN2O3/c16-13-8-11(15(17)21)1-2-12(13)9-18-5-3-10(4-6-18)7-14(19)20/h1-2,8,10H,3-7,9H2,(H2,17,21)(H,19,20). The summed E-state index contributed by atoms with van der Waals surface area (Å²) in [5.41, 5.74) is 6.58. The third-order valence-electron chi connectivity index (χ3n) is 3.90. The van der Waals surface area contributed by atoms with Gasteiger partial charge in [-0.3, -0.25) is 14.5 Å². The first-order chi connectivity index (χ1) is 9.95. The predicted octanol–water partition coefficient (Wildman–Crippen LogP) is 2.13. The first kappa shape index (κ1) is 15.8. The summed E-state index contributed by atoms with van der Waals surface area (Å²) < 4.78 is 0. The number of carbonyl (C=O) groups is 2. The van der Waals surface area contributed by atoms with E-state index in [2.05, 4.69) is 4.90 Å². The van der Waals surface area contributed by atoms with Gasteiger partial charge in [-0.1, -0.05) is 17.7 Å². The summed E-state index contributed by atoms with van der Waals surface area (Å²) in [6, 6.07) is 5.10. The maximum absolute atomic E-state index is 11.1. The number of amides is 1. The zero-order valence-electron chi connectivity index (χ0n) is 11.7. The van der Waals surface area contributed by atoms with Gasteiger partial charge in [0, 0.05) is 23.6 Å². The number of halogens is 1. The highest BCUT2D eigenvalue weighted by molar-refractivity contribution is 6.31. The van der Waals surface area contributed by atoms with Gasteiger partial charge in [0.15, 0.2) is 0 Å². The number of piperidine rings is 1. The van der Waals surface area contributed by atoms with Gasteiger partial charge in [0.25, 0.3) is 0 Å². The van der Waals surface area contributed by atoms with Crippen molar-refractivity contribution in [3.05, 3.63) is 34.3 Å².